The Morgan fingerprint density at radius 1 is 1.37 bits per heavy atom. The second-order valence-electron chi connectivity index (χ2n) is 5.29. The fraction of sp³-hybridized carbons (Fsp3) is 0.438. The standard InChI is InChI=1S/C16H18O3/c1-5-12-10-14(17)16(2,3)15(19-12)11-6-8-13(18-4)9-7-11/h1,6-9,12,15H,10H2,2-4H3/t12-,15+/m0/s1. The predicted molar refractivity (Wildman–Crippen MR) is 72.8 cm³/mol. The lowest BCUT2D eigenvalue weighted by atomic mass is 9.75. The monoisotopic (exact) mass is 258 g/mol. The summed E-state index contributed by atoms with van der Waals surface area (Å²) in [7, 11) is 1.62. The van der Waals surface area contributed by atoms with Crippen LogP contribution in [0.15, 0.2) is 24.3 Å². The van der Waals surface area contributed by atoms with E-state index in [2.05, 4.69) is 5.92 Å². The number of ether oxygens (including phenoxy) is 2. The number of Topliss-reactive ketones (excluding diaryl/α,β-unsaturated/α-hetero) is 1. The Morgan fingerprint density at radius 3 is 2.53 bits per heavy atom. The van der Waals surface area contributed by atoms with Gasteiger partial charge in [-0.25, -0.2) is 0 Å². The molecule has 2 rings (SSSR count). The van der Waals surface area contributed by atoms with E-state index in [-0.39, 0.29) is 18.3 Å². The van der Waals surface area contributed by atoms with Crippen molar-refractivity contribution in [1.82, 2.24) is 0 Å². The van der Waals surface area contributed by atoms with E-state index in [9.17, 15) is 4.79 Å². The highest BCUT2D eigenvalue weighted by atomic mass is 16.5. The Kier molecular flexibility index (Phi) is 3.64. The molecule has 1 fully saturated rings. The quantitative estimate of drug-likeness (QED) is 0.765. The van der Waals surface area contributed by atoms with Gasteiger partial charge in [0.1, 0.15) is 17.6 Å². The molecule has 2 atom stereocenters. The molecule has 0 aromatic heterocycles. The average molecular weight is 258 g/mol. The summed E-state index contributed by atoms with van der Waals surface area (Å²) in [6.45, 7) is 3.80. The van der Waals surface area contributed by atoms with Gasteiger partial charge in [-0.05, 0) is 17.7 Å². The van der Waals surface area contributed by atoms with Crippen LogP contribution in [0.2, 0.25) is 0 Å². The third-order valence-electron chi connectivity index (χ3n) is 3.65. The van der Waals surface area contributed by atoms with E-state index < -0.39 is 11.5 Å². The molecule has 0 spiro atoms. The lowest BCUT2D eigenvalue weighted by molar-refractivity contribution is -0.154. The highest BCUT2D eigenvalue weighted by molar-refractivity contribution is 5.86. The predicted octanol–water partition coefficient (Wildman–Crippen LogP) is 2.75. The van der Waals surface area contributed by atoms with Crippen LogP contribution in [0.25, 0.3) is 0 Å². The first kappa shape index (κ1) is 13.6. The third kappa shape index (κ3) is 2.50. The maximum atomic E-state index is 12.2. The summed E-state index contributed by atoms with van der Waals surface area (Å²) in [6, 6.07) is 7.55. The van der Waals surface area contributed by atoms with Crippen molar-refractivity contribution < 1.29 is 14.3 Å². The van der Waals surface area contributed by atoms with Gasteiger partial charge in [-0.2, -0.15) is 0 Å². The number of carbonyl (C=O) groups excluding carboxylic acids is 1. The molecule has 0 N–H and O–H groups in total. The number of terminal acetylenes is 1. The molecule has 0 saturated carbocycles. The molecule has 0 amide bonds. The summed E-state index contributed by atoms with van der Waals surface area (Å²) in [5.41, 5.74) is 0.376. The molecule has 1 aromatic rings. The summed E-state index contributed by atoms with van der Waals surface area (Å²) in [5, 5.41) is 0. The highest BCUT2D eigenvalue weighted by Gasteiger charge is 2.44. The van der Waals surface area contributed by atoms with E-state index in [0.717, 1.165) is 11.3 Å². The lowest BCUT2D eigenvalue weighted by Crippen LogP contribution is -2.42. The van der Waals surface area contributed by atoms with Gasteiger partial charge in [0, 0.05) is 6.42 Å². The van der Waals surface area contributed by atoms with Crippen molar-refractivity contribution in [3.8, 4) is 18.1 Å². The van der Waals surface area contributed by atoms with E-state index in [1.54, 1.807) is 7.11 Å². The Bertz CT molecular complexity index is 508. The lowest BCUT2D eigenvalue weighted by Gasteiger charge is -2.39. The number of methoxy groups -OCH3 is 1. The summed E-state index contributed by atoms with van der Waals surface area (Å²) >= 11 is 0. The van der Waals surface area contributed by atoms with E-state index in [0.29, 0.717) is 0 Å². The van der Waals surface area contributed by atoms with Gasteiger partial charge < -0.3 is 9.47 Å². The first-order valence-corrected chi connectivity index (χ1v) is 6.28. The van der Waals surface area contributed by atoms with Crippen LogP contribution in [-0.4, -0.2) is 19.0 Å². The Morgan fingerprint density at radius 2 is 2.00 bits per heavy atom. The third-order valence-corrected chi connectivity index (χ3v) is 3.65. The average Bonchev–Trinajstić information content (AvgIpc) is 2.42. The van der Waals surface area contributed by atoms with Crippen LogP contribution >= 0.6 is 0 Å². The number of benzene rings is 1. The zero-order valence-corrected chi connectivity index (χ0v) is 11.5. The molecule has 1 saturated heterocycles. The molecule has 3 nitrogen and oxygen atoms in total. The Labute approximate surface area is 113 Å². The van der Waals surface area contributed by atoms with Crippen LogP contribution in [0, 0.1) is 17.8 Å². The minimum Gasteiger partial charge on any atom is -0.497 e. The molecule has 0 aliphatic carbocycles. The van der Waals surface area contributed by atoms with Gasteiger partial charge in [0.15, 0.2) is 0 Å². The summed E-state index contributed by atoms with van der Waals surface area (Å²) in [4.78, 5) is 12.2. The largest absolute Gasteiger partial charge is 0.497 e. The smallest absolute Gasteiger partial charge is 0.145 e. The molecule has 1 aliphatic heterocycles. The molecule has 0 bridgehead atoms. The highest BCUT2D eigenvalue weighted by Crippen LogP contribution is 2.43. The van der Waals surface area contributed by atoms with Crippen molar-refractivity contribution >= 4 is 5.78 Å². The van der Waals surface area contributed by atoms with Crippen LogP contribution in [0.5, 0.6) is 5.75 Å². The van der Waals surface area contributed by atoms with Crippen molar-refractivity contribution in [3.63, 3.8) is 0 Å². The first-order valence-electron chi connectivity index (χ1n) is 6.28. The molecule has 1 aliphatic rings. The number of hydrogen-bond donors (Lipinski definition) is 0. The van der Waals surface area contributed by atoms with Crippen LogP contribution in [0.4, 0.5) is 0 Å². The van der Waals surface area contributed by atoms with Crippen molar-refractivity contribution in [2.45, 2.75) is 32.5 Å². The van der Waals surface area contributed by atoms with Gasteiger partial charge in [-0.3, -0.25) is 4.79 Å². The van der Waals surface area contributed by atoms with Crippen molar-refractivity contribution in [2.24, 2.45) is 5.41 Å². The fourth-order valence-corrected chi connectivity index (χ4v) is 2.33. The first-order chi connectivity index (χ1) is 8.98. The molecular weight excluding hydrogens is 240 g/mol. The van der Waals surface area contributed by atoms with Gasteiger partial charge >= 0.3 is 0 Å². The summed E-state index contributed by atoms with van der Waals surface area (Å²) in [6.07, 6.45) is 4.92. The normalized spacial score (nSPS) is 25.7. The molecule has 0 unspecified atom stereocenters. The Balaban J connectivity index is 2.33. The van der Waals surface area contributed by atoms with Crippen molar-refractivity contribution in [1.29, 1.82) is 0 Å². The summed E-state index contributed by atoms with van der Waals surface area (Å²) in [5.74, 6) is 3.44. The number of rotatable bonds is 2. The molecule has 1 heterocycles. The van der Waals surface area contributed by atoms with Crippen molar-refractivity contribution in [2.75, 3.05) is 7.11 Å². The second-order valence-corrected chi connectivity index (χ2v) is 5.29. The molecule has 19 heavy (non-hydrogen) atoms. The van der Waals surface area contributed by atoms with Gasteiger partial charge in [-0.15, -0.1) is 6.42 Å². The topological polar surface area (TPSA) is 35.5 Å². The molecule has 3 heteroatoms. The number of hydrogen-bond acceptors (Lipinski definition) is 3. The van der Waals surface area contributed by atoms with Gasteiger partial charge in [0.05, 0.1) is 18.6 Å². The van der Waals surface area contributed by atoms with Crippen LogP contribution in [-0.2, 0) is 9.53 Å². The fourth-order valence-electron chi connectivity index (χ4n) is 2.33. The van der Waals surface area contributed by atoms with E-state index in [1.807, 2.05) is 38.1 Å². The molecular formula is C16H18O3. The van der Waals surface area contributed by atoms with Gasteiger partial charge in [0.25, 0.3) is 0 Å². The maximum Gasteiger partial charge on any atom is 0.145 e. The second kappa shape index (κ2) is 5.07. The molecule has 100 valence electrons. The Hall–Kier alpha value is -1.79. The van der Waals surface area contributed by atoms with Crippen LogP contribution in [0.1, 0.15) is 31.9 Å². The van der Waals surface area contributed by atoms with E-state index in [1.165, 1.54) is 0 Å². The van der Waals surface area contributed by atoms with Crippen LogP contribution < -0.4 is 4.74 Å². The molecule has 0 radical (unpaired) electrons. The maximum absolute atomic E-state index is 12.2. The van der Waals surface area contributed by atoms with E-state index in [4.69, 9.17) is 15.9 Å². The minimum atomic E-state index is -0.568. The minimum absolute atomic E-state index is 0.141. The van der Waals surface area contributed by atoms with E-state index >= 15 is 0 Å². The molecule has 1 aromatic carbocycles. The van der Waals surface area contributed by atoms with Gasteiger partial charge in [-0.1, -0.05) is 31.9 Å². The SMILES string of the molecule is C#C[C@H]1CC(=O)C(C)(C)[C@@H](c2ccc(OC)cc2)O1. The van der Waals surface area contributed by atoms with Crippen LogP contribution in [0.3, 0.4) is 0 Å². The van der Waals surface area contributed by atoms with Gasteiger partial charge in [0.2, 0.25) is 0 Å². The number of carbonyl (C=O) groups is 1. The zero-order valence-electron chi connectivity index (χ0n) is 11.5. The summed E-state index contributed by atoms with van der Waals surface area (Å²) < 4.78 is 11.0. The number of ketones is 1. The van der Waals surface area contributed by atoms with Crippen molar-refractivity contribution in [3.05, 3.63) is 29.8 Å². The zero-order chi connectivity index (χ0) is 14.0.